The maximum Gasteiger partial charge on any atom is 0.141 e. The lowest BCUT2D eigenvalue weighted by atomic mass is 9.92. The van der Waals surface area contributed by atoms with Gasteiger partial charge in [-0.15, -0.1) is 0 Å². The minimum atomic E-state index is -0.351. The van der Waals surface area contributed by atoms with Gasteiger partial charge in [-0.25, -0.2) is 4.39 Å². The molecule has 1 fully saturated rings. The molecule has 0 atom stereocenters. The third-order valence-electron chi connectivity index (χ3n) is 4.22. The van der Waals surface area contributed by atoms with E-state index >= 15 is 0 Å². The maximum absolute atomic E-state index is 13.3. The molecule has 4 heteroatoms. The summed E-state index contributed by atoms with van der Waals surface area (Å²) in [7, 11) is 0. The van der Waals surface area contributed by atoms with Crippen LogP contribution >= 0.6 is 11.6 Å². The van der Waals surface area contributed by atoms with Gasteiger partial charge < -0.3 is 10.2 Å². The Labute approximate surface area is 119 Å². The summed E-state index contributed by atoms with van der Waals surface area (Å²) in [6, 6.07) is 5.01. The second kappa shape index (κ2) is 6.10. The van der Waals surface area contributed by atoms with Crippen LogP contribution in [0.5, 0.6) is 0 Å². The summed E-state index contributed by atoms with van der Waals surface area (Å²) in [6.07, 6.45) is 3.28. The van der Waals surface area contributed by atoms with E-state index in [-0.39, 0.29) is 16.4 Å². The van der Waals surface area contributed by atoms with Gasteiger partial charge in [0.1, 0.15) is 5.82 Å². The van der Waals surface area contributed by atoms with E-state index in [1.165, 1.54) is 6.07 Å². The molecule has 1 heterocycles. The van der Waals surface area contributed by atoms with Gasteiger partial charge in [-0.05, 0) is 44.0 Å². The summed E-state index contributed by atoms with van der Waals surface area (Å²) < 4.78 is 13.3. The Kier molecular flexibility index (Phi) is 4.69. The van der Waals surface area contributed by atoms with Crippen molar-refractivity contribution < 1.29 is 4.39 Å². The zero-order chi connectivity index (χ0) is 13.9. The fourth-order valence-electron chi connectivity index (χ4n) is 2.75. The van der Waals surface area contributed by atoms with Crippen LogP contribution in [0.1, 0.15) is 33.1 Å². The van der Waals surface area contributed by atoms with Crippen LogP contribution in [0.15, 0.2) is 18.2 Å². The second-order valence-electron chi connectivity index (χ2n) is 5.29. The van der Waals surface area contributed by atoms with Gasteiger partial charge in [-0.3, -0.25) is 0 Å². The van der Waals surface area contributed by atoms with E-state index in [9.17, 15) is 4.39 Å². The maximum atomic E-state index is 13.3. The van der Waals surface area contributed by atoms with Gasteiger partial charge in [0.05, 0.1) is 5.02 Å². The van der Waals surface area contributed by atoms with Crippen LogP contribution in [0.2, 0.25) is 5.02 Å². The van der Waals surface area contributed by atoms with Gasteiger partial charge in [0.15, 0.2) is 0 Å². The van der Waals surface area contributed by atoms with Crippen molar-refractivity contribution in [3.8, 4) is 0 Å². The molecule has 0 spiro atoms. The number of nitrogens with one attached hydrogen (secondary N) is 1. The molecule has 0 aliphatic carbocycles. The van der Waals surface area contributed by atoms with Crippen molar-refractivity contribution in [3.63, 3.8) is 0 Å². The predicted octanol–water partition coefficient (Wildman–Crippen LogP) is 3.84. The van der Waals surface area contributed by atoms with Crippen LogP contribution in [-0.4, -0.2) is 25.2 Å². The molecule has 1 N–H and O–H groups in total. The van der Waals surface area contributed by atoms with Gasteiger partial charge in [0.2, 0.25) is 0 Å². The lowest BCUT2D eigenvalue weighted by molar-refractivity contribution is 0.321. The highest BCUT2D eigenvalue weighted by molar-refractivity contribution is 6.31. The highest BCUT2D eigenvalue weighted by atomic mass is 35.5. The largest absolute Gasteiger partial charge is 0.370 e. The smallest absolute Gasteiger partial charge is 0.141 e. The Bertz CT molecular complexity index is 432. The Morgan fingerprint density at radius 1 is 1.37 bits per heavy atom. The summed E-state index contributed by atoms with van der Waals surface area (Å²) in [4.78, 5) is 2.32. The molecule has 1 aromatic rings. The first-order chi connectivity index (χ1) is 9.10. The third-order valence-corrected chi connectivity index (χ3v) is 4.51. The minimum Gasteiger partial charge on any atom is -0.370 e. The van der Waals surface area contributed by atoms with E-state index in [4.69, 9.17) is 11.6 Å². The third kappa shape index (κ3) is 3.21. The highest BCUT2D eigenvalue weighted by Gasteiger charge is 2.30. The molecule has 0 amide bonds. The first-order valence-electron chi connectivity index (χ1n) is 7.05. The Balaban J connectivity index is 2.24. The summed E-state index contributed by atoms with van der Waals surface area (Å²) in [5.74, 6) is -0.351. The molecular formula is C15H22ClFN2. The van der Waals surface area contributed by atoms with Crippen molar-refractivity contribution >= 4 is 17.3 Å². The van der Waals surface area contributed by atoms with Crippen LogP contribution in [0.3, 0.4) is 0 Å². The zero-order valence-electron chi connectivity index (χ0n) is 11.7. The molecule has 1 aliphatic heterocycles. The molecule has 0 radical (unpaired) electrons. The highest BCUT2D eigenvalue weighted by Crippen LogP contribution is 2.27. The lowest BCUT2D eigenvalue weighted by Crippen LogP contribution is -2.50. The van der Waals surface area contributed by atoms with E-state index in [2.05, 4.69) is 24.1 Å². The normalized spacial score (nSPS) is 19.3. The number of halogens is 2. The first kappa shape index (κ1) is 14.6. The van der Waals surface area contributed by atoms with Crippen molar-refractivity contribution in [2.75, 3.05) is 24.5 Å². The molecule has 0 saturated carbocycles. The molecule has 1 aromatic carbocycles. The van der Waals surface area contributed by atoms with E-state index in [1.54, 1.807) is 6.07 Å². The van der Waals surface area contributed by atoms with Crippen LogP contribution in [0.4, 0.5) is 10.1 Å². The standard InChI is InChI=1S/C15H22ClFN2/c1-3-15(4-2)11-19(9-5-8-18-15)12-6-7-14(17)13(16)10-12/h6-7,10,18H,3-5,8-9,11H2,1-2H3. The Hall–Kier alpha value is -0.800. The lowest BCUT2D eigenvalue weighted by Gasteiger charge is -2.36. The summed E-state index contributed by atoms with van der Waals surface area (Å²) in [5.41, 5.74) is 1.17. The van der Waals surface area contributed by atoms with E-state index < -0.39 is 0 Å². The predicted molar refractivity (Wildman–Crippen MR) is 79.6 cm³/mol. The quantitative estimate of drug-likeness (QED) is 0.907. The van der Waals surface area contributed by atoms with Gasteiger partial charge in [-0.1, -0.05) is 25.4 Å². The van der Waals surface area contributed by atoms with E-state index in [0.29, 0.717) is 0 Å². The topological polar surface area (TPSA) is 15.3 Å². The van der Waals surface area contributed by atoms with Crippen molar-refractivity contribution in [3.05, 3.63) is 29.0 Å². The van der Waals surface area contributed by atoms with Gasteiger partial charge >= 0.3 is 0 Å². The van der Waals surface area contributed by atoms with Gasteiger partial charge in [0.25, 0.3) is 0 Å². The molecule has 0 bridgehead atoms. The van der Waals surface area contributed by atoms with Crippen LogP contribution in [-0.2, 0) is 0 Å². The molecule has 19 heavy (non-hydrogen) atoms. The number of nitrogens with zero attached hydrogens (tertiary/aromatic N) is 1. The number of benzene rings is 1. The van der Waals surface area contributed by atoms with Gasteiger partial charge in [-0.2, -0.15) is 0 Å². The van der Waals surface area contributed by atoms with Crippen molar-refractivity contribution in [2.24, 2.45) is 0 Å². The molecule has 0 unspecified atom stereocenters. The molecule has 1 aliphatic rings. The van der Waals surface area contributed by atoms with E-state index in [0.717, 1.165) is 44.6 Å². The fraction of sp³-hybridized carbons (Fsp3) is 0.600. The second-order valence-corrected chi connectivity index (χ2v) is 5.69. The van der Waals surface area contributed by atoms with Crippen LogP contribution in [0.25, 0.3) is 0 Å². The van der Waals surface area contributed by atoms with Crippen LogP contribution < -0.4 is 10.2 Å². The van der Waals surface area contributed by atoms with Gasteiger partial charge in [0, 0.05) is 24.3 Å². The summed E-state index contributed by atoms with van der Waals surface area (Å²) >= 11 is 5.90. The Morgan fingerprint density at radius 3 is 2.74 bits per heavy atom. The number of hydrogen-bond donors (Lipinski definition) is 1. The first-order valence-corrected chi connectivity index (χ1v) is 7.43. The SMILES string of the molecule is CCC1(CC)CN(c2ccc(F)c(Cl)c2)CCCN1. The molecular weight excluding hydrogens is 263 g/mol. The minimum absolute atomic E-state index is 0.150. The molecule has 2 rings (SSSR count). The summed E-state index contributed by atoms with van der Waals surface area (Å²) in [6.45, 7) is 7.40. The molecule has 1 saturated heterocycles. The van der Waals surface area contributed by atoms with Crippen molar-refractivity contribution in [2.45, 2.75) is 38.6 Å². The monoisotopic (exact) mass is 284 g/mol. The number of hydrogen-bond acceptors (Lipinski definition) is 2. The molecule has 106 valence electrons. The number of anilines is 1. The molecule has 0 aromatic heterocycles. The van der Waals surface area contributed by atoms with Crippen molar-refractivity contribution in [1.29, 1.82) is 0 Å². The van der Waals surface area contributed by atoms with Crippen molar-refractivity contribution in [1.82, 2.24) is 5.32 Å². The summed E-state index contributed by atoms with van der Waals surface area (Å²) in [5, 5.41) is 3.87. The van der Waals surface area contributed by atoms with E-state index in [1.807, 2.05) is 6.07 Å². The number of rotatable bonds is 3. The molecule has 2 nitrogen and oxygen atoms in total. The van der Waals surface area contributed by atoms with Crippen LogP contribution in [0, 0.1) is 5.82 Å². The average molecular weight is 285 g/mol. The fourth-order valence-corrected chi connectivity index (χ4v) is 2.92. The zero-order valence-corrected chi connectivity index (χ0v) is 12.4. The average Bonchev–Trinajstić information content (AvgIpc) is 2.65. The Morgan fingerprint density at radius 2 is 2.11 bits per heavy atom.